The van der Waals surface area contributed by atoms with Crippen LogP contribution in [0, 0.1) is 6.92 Å². The average Bonchev–Trinajstić information content (AvgIpc) is 3.14. The van der Waals surface area contributed by atoms with Crippen molar-refractivity contribution in [3.63, 3.8) is 0 Å². The molecule has 0 fully saturated rings. The molecule has 3 rings (SSSR count). The Bertz CT molecular complexity index is 1110. The van der Waals surface area contributed by atoms with Gasteiger partial charge in [-0.1, -0.05) is 54.1 Å². The first-order valence-electron chi connectivity index (χ1n) is 8.83. The van der Waals surface area contributed by atoms with E-state index in [9.17, 15) is 13.2 Å². The van der Waals surface area contributed by atoms with Gasteiger partial charge in [0.25, 0.3) is 0 Å². The zero-order chi connectivity index (χ0) is 20.9. The molecule has 1 aromatic heterocycles. The highest BCUT2D eigenvalue weighted by molar-refractivity contribution is 7.89. The van der Waals surface area contributed by atoms with Gasteiger partial charge in [0.1, 0.15) is 11.0 Å². The van der Waals surface area contributed by atoms with Crippen LogP contribution in [0.25, 0.3) is 12.2 Å². The summed E-state index contributed by atoms with van der Waals surface area (Å²) in [7, 11) is -3.83. The predicted octanol–water partition coefficient (Wildman–Crippen LogP) is 3.89. The van der Waals surface area contributed by atoms with Gasteiger partial charge in [0, 0.05) is 0 Å². The Morgan fingerprint density at radius 3 is 2.48 bits per heavy atom. The first-order chi connectivity index (χ1) is 13.8. The molecule has 29 heavy (non-hydrogen) atoms. The van der Waals surface area contributed by atoms with E-state index < -0.39 is 22.0 Å². The molecule has 1 unspecified atom stereocenters. The van der Waals surface area contributed by atoms with Gasteiger partial charge in [0.2, 0.25) is 15.9 Å². The van der Waals surface area contributed by atoms with Crippen molar-refractivity contribution < 1.29 is 17.9 Å². The third-order valence-electron chi connectivity index (χ3n) is 3.94. The van der Waals surface area contributed by atoms with E-state index in [0.29, 0.717) is 5.01 Å². The number of hydrogen-bond acceptors (Lipinski definition) is 6. The maximum Gasteiger partial charge on any atom is 0.330 e. The molecule has 8 heteroatoms. The van der Waals surface area contributed by atoms with Crippen LogP contribution in [-0.4, -0.2) is 25.4 Å². The second-order valence-corrected chi connectivity index (χ2v) is 8.95. The van der Waals surface area contributed by atoms with Gasteiger partial charge in [-0.25, -0.2) is 18.2 Å². The number of carbonyl (C=O) groups is 1. The second kappa shape index (κ2) is 9.13. The fourth-order valence-corrected chi connectivity index (χ4v) is 4.19. The molecule has 0 aliphatic rings. The standard InChI is InChI=1S/C21H20N2O4S2/c1-15-8-11-18(12-9-15)29(25,26)23-16(2)21(24)27-19-14-28-20(22-19)13-10-17-6-4-3-5-7-17/h3-14,16,23H,1-2H3/b13-10+. The number of aromatic nitrogens is 1. The van der Waals surface area contributed by atoms with E-state index in [1.165, 1.54) is 30.4 Å². The lowest BCUT2D eigenvalue weighted by Gasteiger charge is -2.12. The molecule has 0 amide bonds. The van der Waals surface area contributed by atoms with Gasteiger partial charge in [-0.3, -0.25) is 0 Å². The molecule has 0 aliphatic carbocycles. The first-order valence-corrected chi connectivity index (χ1v) is 11.2. The summed E-state index contributed by atoms with van der Waals surface area (Å²) in [6.45, 7) is 3.29. The van der Waals surface area contributed by atoms with Crippen molar-refractivity contribution >= 4 is 39.5 Å². The number of nitrogens with zero attached hydrogens (tertiary/aromatic N) is 1. The van der Waals surface area contributed by atoms with Gasteiger partial charge in [0.05, 0.1) is 10.3 Å². The molecule has 2 aromatic carbocycles. The van der Waals surface area contributed by atoms with E-state index in [0.717, 1.165) is 11.1 Å². The number of benzene rings is 2. The number of sulfonamides is 1. The summed E-state index contributed by atoms with van der Waals surface area (Å²) in [4.78, 5) is 16.6. The molecule has 6 nitrogen and oxygen atoms in total. The van der Waals surface area contributed by atoms with E-state index in [4.69, 9.17) is 4.74 Å². The number of thiazole rings is 1. The van der Waals surface area contributed by atoms with Gasteiger partial charge in [0.15, 0.2) is 0 Å². The third-order valence-corrected chi connectivity index (χ3v) is 6.29. The lowest BCUT2D eigenvalue weighted by atomic mass is 10.2. The number of rotatable bonds is 7. The van der Waals surface area contributed by atoms with E-state index in [1.807, 2.05) is 49.4 Å². The number of hydrogen-bond donors (Lipinski definition) is 1. The van der Waals surface area contributed by atoms with Gasteiger partial charge in [-0.15, -0.1) is 11.3 Å². The van der Waals surface area contributed by atoms with Crippen LogP contribution < -0.4 is 9.46 Å². The zero-order valence-electron chi connectivity index (χ0n) is 15.9. The number of aryl methyl sites for hydroxylation is 1. The number of esters is 1. The number of nitrogens with one attached hydrogen (secondary N) is 1. The molecule has 1 atom stereocenters. The van der Waals surface area contributed by atoms with Crippen molar-refractivity contribution in [3.05, 3.63) is 76.1 Å². The summed E-state index contributed by atoms with van der Waals surface area (Å²) in [6, 6.07) is 15.0. The molecule has 150 valence electrons. The summed E-state index contributed by atoms with van der Waals surface area (Å²) in [5.41, 5.74) is 1.97. The Hall–Kier alpha value is -2.81. The minimum absolute atomic E-state index is 0.0877. The highest BCUT2D eigenvalue weighted by Crippen LogP contribution is 2.19. The first kappa shape index (κ1) is 20.9. The maximum absolute atomic E-state index is 12.4. The molecule has 3 aromatic rings. The zero-order valence-corrected chi connectivity index (χ0v) is 17.5. The highest BCUT2D eigenvalue weighted by atomic mass is 32.2. The predicted molar refractivity (Wildman–Crippen MR) is 114 cm³/mol. The smallest absolute Gasteiger partial charge is 0.330 e. The van der Waals surface area contributed by atoms with Gasteiger partial charge >= 0.3 is 5.97 Å². The third kappa shape index (κ3) is 5.83. The minimum Gasteiger partial charge on any atom is -0.405 e. The molecule has 0 bridgehead atoms. The molecular formula is C21H20N2O4S2. The van der Waals surface area contributed by atoms with Crippen LogP contribution in [0.5, 0.6) is 5.88 Å². The van der Waals surface area contributed by atoms with Crippen molar-refractivity contribution in [2.45, 2.75) is 24.8 Å². The van der Waals surface area contributed by atoms with Crippen molar-refractivity contribution in [2.75, 3.05) is 0 Å². The quantitative estimate of drug-likeness (QED) is 0.577. The van der Waals surface area contributed by atoms with Gasteiger partial charge in [-0.2, -0.15) is 4.72 Å². The normalized spacial score (nSPS) is 12.8. The van der Waals surface area contributed by atoms with Crippen molar-refractivity contribution in [1.29, 1.82) is 0 Å². The Kier molecular flexibility index (Phi) is 6.58. The fraction of sp³-hybridized carbons (Fsp3) is 0.143. The summed E-state index contributed by atoms with van der Waals surface area (Å²) < 4.78 is 32.3. The maximum atomic E-state index is 12.4. The van der Waals surface area contributed by atoms with E-state index in [-0.39, 0.29) is 10.8 Å². The van der Waals surface area contributed by atoms with Crippen LogP contribution >= 0.6 is 11.3 Å². The molecular weight excluding hydrogens is 408 g/mol. The van der Waals surface area contributed by atoms with Crippen LogP contribution in [0.4, 0.5) is 0 Å². The van der Waals surface area contributed by atoms with E-state index >= 15 is 0 Å². The number of ether oxygens (including phenoxy) is 1. The van der Waals surface area contributed by atoms with Crippen LogP contribution in [-0.2, 0) is 14.8 Å². The summed E-state index contributed by atoms with van der Waals surface area (Å²) in [5, 5.41) is 2.27. The largest absolute Gasteiger partial charge is 0.405 e. The van der Waals surface area contributed by atoms with E-state index in [2.05, 4.69) is 9.71 Å². The van der Waals surface area contributed by atoms with Gasteiger partial charge < -0.3 is 4.74 Å². The SMILES string of the molecule is Cc1ccc(S(=O)(=O)NC(C)C(=O)Oc2csc(/C=C/c3ccccc3)n2)cc1. The van der Waals surface area contributed by atoms with Crippen LogP contribution in [0.1, 0.15) is 23.1 Å². The highest BCUT2D eigenvalue weighted by Gasteiger charge is 2.24. The van der Waals surface area contributed by atoms with Crippen LogP contribution in [0.2, 0.25) is 0 Å². The minimum atomic E-state index is -3.83. The van der Waals surface area contributed by atoms with Crippen molar-refractivity contribution in [3.8, 4) is 5.88 Å². The Balaban J connectivity index is 1.60. The monoisotopic (exact) mass is 428 g/mol. The molecule has 0 aliphatic heterocycles. The lowest BCUT2D eigenvalue weighted by Crippen LogP contribution is -2.40. The lowest BCUT2D eigenvalue weighted by molar-refractivity contribution is -0.136. The average molecular weight is 429 g/mol. The van der Waals surface area contributed by atoms with E-state index in [1.54, 1.807) is 17.5 Å². The van der Waals surface area contributed by atoms with Crippen LogP contribution in [0.3, 0.4) is 0 Å². The molecule has 0 saturated carbocycles. The summed E-state index contributed by atoms with van der Waals surface area (Å²) in [6.07, 6.45) is 3.73. The molecule has 1 heterocycles. The Morgan fingerprint density at radius 1 is 1.10 bits per heavy atom. The van der Waals surface area contributed by atoms with Crippen LogP contribution in [0.15, 0.2) is 64.9 Å². The molecule has 1 N–H and O–H groups in total. The summed E-state index contributed by atoms with van der Waals surface area (Å²) >= 11 is 1.32. The summed E-state index contributed by atoms with van der Waals surface area (Å²) in [5.74, 6) is -0.598. The molecule has 0 saturated heterocycles. The van der Waals surface area contributed by atoms with Gasteiger partial charge in [-0.05, 0) is 37.6 Å². The topological polar surface area (TPSA) is 85.4 Å². The van der Waals surface area contributed by atoms with Crippen molar-refractivity contribution in [1.82, 2.24) is 9.71 Å². The Morgan fingerprint density at radius 2 is 1.79 bits per heavy atom. The molecule has 0 spiro atoms. The second-order valence-electron chi connectivity index (χ2n) is 6.35. The molecule has 0 radical (unpaired) electrons. The Labute approximate surface area is 173 Å². The number of carbonyl (C=O) groups excluding carboxylic acids is 1. The van der Waals surface area contributed by atoms with Crippen molar-refractivity contribution in [2.24, 2.45) is 0 Å². The fourth-order valence-electron chi connectivity index (χ4n) is 2.38.